The fourth-order valence-corrected chi connectivity index (χ4v) is 1.28. The van der Waals surface area contributed by atoms with Crippen LogP contribution in [0, 0.1) is 0 Å². The molecule has 1 heterocycles. The van der Waals surface area contributed by atoms with Crippen LogP contribution in [0.4, 0.5) is 0 Å². The summed E-state index contributed by atoms with van der Waals surface area (Å²) in [5, 5.41) is 0. The van der Waals surface area contributed by atoms with Crippen molar-refractivity contribution in [1.82, 2.24) is 4.98 Å². The van der Waals surface area contributed by atoms with Crippen molar-refractivity contribution in [3.63, 3.8) is 0 Å². The molecule has 0 radical (unpaired) electrons. The Morgan fingerprint density at radius 2 is 2.00 bits per heavy atom. The maximum Gasteiger partial charge on any atom is 0.164 e. The van der Waals surface area contributed by atoms with Gasteiger partial charge in [0.25, 0.3) is 0 Å². The van der Waals surface area contributed by atoms with Crippen LogP contribution in [0.25, 0.3) is 0 Å². The van der Waals surface area contributed by atoms with Crippen LogP contribution in [0.2, 0.25) is 0 Å². The normalized spacial score (nSPS) is 11.5. The zero-order valence-corrected chi connectivity index (χ0v) is 7.68. The zero-order valence-electron chi connectivity index (χ0n) is 7.68. The van der Waals surface area contributed by atoms with E-state index < -0.39 is 0 Å². The Morgan fingerprint density at radius 1 is 1.36 bits per heavy atom. The molecule has 0 aliphatic heterocycles. The lowest BCUT2D eigenvalue weighted by Crippen LogP contribution is -2.24. The zero-order chi connectivity index (χ0) is 8.48. The van der Waals surface area contributed by atoms with E-state index >= 15 is 0 Å². The molecular formula is C9H14BN. The predicted octanol–water partition coefficient (Wildman–Crippen LogP) is 0.637. The Kier molecular flexibility index (Phi) is 2.03. The van der Waals surface area contributed by atoms with E-state index in [4.69, 9.17) is 0 Å². The van der Waals surface area contributed by atoms with Crippen molar-refractivity contribution >= 4 is 13.4 Å². The topological polar surface area (TPSA) is 12.9 Å². The second kappa shape index (κ2) is 2.69. The summed E-state index contributed by atoms with van der Waals surface area (Å²) in [5.74, 6) is 0. The molecule has 58 valence electrons. The highest BCUT2D eigenvalue weighted by Gasteiger charge is 2.15. The number of hydrogen-bond donors (Lipinski definition) is 0. The lowest BCUT2D eigenvalue weighted by Gasteiger charge is -2.20. The Morgan fingerprint density at radius 3 is 2.36 bits per heavy atom. The summed E-state index contributed by atoms with van der Waals surface area (Å²) in [6.07, 6.45) is 1.84. The minimum Gasteiger partial charge on any atom is -0.272 e. The summed E-state index contributed by atoms with van der Waals surface area (Å²) < 4.78 is 0. The van der Waals surface area contributed by atoms with Gasteiger partial charge in [-0.3, -0.25) is 4.98 Å². The first-order valence-electron chi connectivity index (χ1n) is 3.94. The highest BCUT2D eigenvalue weighted by molar-refractivity contribution is 6.31. The van der Waals surface area contributed by atoms with Crippen molar-refractivity contribution in [2.24, 2.45) is 0 Å². The molecule has 0 N–H and O–H groups in total. The van der Waals surface area contributed by atoms with Gasteiger partial charge in [-0.2, -0.15) is 0 Å². The molecule has 0 aromatic carbocycles. The Hall–Kier alpha value is -0.785. The number of aromatic nitrogens is 1. The number of rotatable bonds is 0. The van der Waals surface area contributed by atoms with E-state index in [1.165, 1.54) is 5.56 Å². The third kappa shape index (κ3) is 1.82. The molecule has 2 heteroatoms. The van der Waals surface area contributed by atoms with Crippen molar-refractivity contribution in [1.29, 1.82) is 0 Å². The summed E-state index contributed by atoms with van der Waals surface area (Å²) in [4.78, 5) is 4.25. The minimum atomic E-state index is 0.221. The molecule has 0 unspecified atom stereocenters. The highest BCUT2D eigenvalue weighted by atomic mass is 14.6. The van der Waals surface area contributed by atoms with Crippen LogP contribution in [-0.2, 0) is 5.41 Å². The Bertz CT molecular complexity index is 250. The fourth-order valence-electron chi connectivity index (χ4n) is 1.28. The average Bonchev–Trinajstić information content (AvgIpc) is 1.86. The molecule has 0 aliphatic rings. The van der Waals surface area contributed by atoms with Crippen molar-refractivity contribution in [2.75, 3.05) is 0 Å². The second-order valence-electron chi connectivity index (χ2n) is 3.89. The van der Waals surface area contributed by atoms with Crippen LogP contribution in [0.1, 0.15) is 26.3 Å². The van der Waals surface area contributed by atoms with Gasteiger partial charge in [-0.15, -0.1) is 0 Å². The van der Waals surface area contributed by atoms with Crippen molar-refractivity contribution < 1.29 is 0 Å². The van der Waals surface area contributed by atoms with Crippen molar-refractivity contribution in [3.8, 4) is 0 Å². The van der Waals surface area contributed by atoms with Crippen molar-refractivity contribution in [3.05, 3.63) is 23.9 Å². The maximum absolute atomic E-state index is 4.25. The summed E-state index contributed by atoms with van der Waals surface area (Å²) in [6, 6.07) is 4.13. The number of hydrogen-bond acceptors (Lipinski definition) is 1. The SMILES string of the molecule is Bc1ncccc1C(C)(C)C. The van der Waals surface area contributed by atoms with E-state index in [9.17, 15) is 0 Å². The third-order valence-corrected chi connectivity index (χ3v) is 1.81. The molecule has 11 heavy (non-hydrogen) atoms. The minimum absolute atomic E-state index is 0.221. The molecule has 0 atom stereocenters. The lowest BCUT2D eigenvalue weighted by molar-refractivity contribution is 0.592. The van der Waals surface area contributed by atoms with Gasteiger partial charge >= 0.3 is 0 Å². The Balaban J connectivity index is 3.14. The van der Waals surface area contributed by atoms with E-state index in [2.05, 4.69) is 39.7 Å². The molecule has 0 saturated heterocycles. The quantitative estimate of drug-likeness (QED) is 0.490. The molecule has 0 aliphatic carbocycles. The highest BCUT2D eigenvalue weighted by Crippen LogP contribution is 2.18. The molecule has 0 fully saturated rings. The number of nitrogens with zero attached hydrogens (tertiary/aromatic N) is 1. The first-order valence-corrected chi connectivity index (χ1v) is 3.94. The molecular weight excluding hydrogens is 133 g/mol. The van der Waals surface area contributed by atoms with Gasteiger partial charge in [-0.1, -0.05) is 26.8 Å². The van der Waals surface area contributed by atoms with Crippen LogP contribution in [0.15, 0.2) is 18.3 Å². The van der Waals surface area contributed by atoms with E-state index in [0.717, 1.165) is 5.59 Å². The smallest absolute Gasteiger partial charge is 0.164 e. The predicted molar refractivity (Wildman–Crippen MR) is 51.1 cm³/mol. The van der Waals surface area contributed by atoms with Gasteiger partial charge in [0.1, 0.15) is 0 Å². The lowest BCUT2D eigenvalue weighted by atomic mass is 9.81. The number of pyridine rings is 1. The summed E-state index contributed by atoms with van der Waals surface area (Å²) in [7, 11) is 2.06. The van der Waals surface area contributed by atoms with E-state index in [1.54, 1.807) is 0 Å². The van der Waals surface area contributed by atoms with Gasteiger partial charge in [0.2, 0.25) is 0 Å². The average molecular weight is 147 g/mol. The summed E-state index contributed by atoms with van der Waals surface area (Å²) >= 11 is 0. The standard InChI is InChI=1S/C9H14BN/c1-9(2,3)7-5-4-6-11-8(7)10/h4-6H,10H2,1-3H3. The first-order chi connectivity index (χ1) is 5.02. The third-order valence-electron chi connectivity index (χ3n) is 1.81. The van der Waals surface area contributed by atoms with Gasteiger partial charge in [0.15, 0.2) is 7.85 Å². The van der Waals surface area contributed by atoms with E-state index in [1.807, 2.05) is 12.3 Å². The van der Waals surface area contributed by atoms with E-state index in [0.29, 0.717) is 0 Å². The molecule has 1 nitrogen and oxygen atoms in total. The van der Waals surface area contributed by atoms with Gasteiger partial charge in [0, 0.05) is 6.20 Å². The van der Waals surface area contributed by atoms with Crippen molar-refractivity contribution in [2.45, 2.75) is 26.2 Å². The summed E-state index contributed by atoms with van der Waals surface area (Å²) in [5.41, 5.74) is 2.69. The summed E-state index contributed by atoms with van der Waals surface area (Å²) in [6.45, 7) is 6.62. The van der Waals surface area contributed by atoms with Gasteiger partial charge < -0.3 is 0 Å². The van der Waals surface area contributed by atoms with Crippen LogP contribution >= 0.6 is 0 Å². The fraction of sp³-hybridized carbons (Fsp3) is 0.444. The molecule has 0 bridgehead atoms. The van der Waals surface area contributed by atoms with E-state index in [-0.39, 0.29) is 5.41 Å². The van der Waals surface area contributed by atoms with Crippen LogP contribution in [-0.4, -0.2) is 12.8 Å². The maximum atomic E-state index is 4.25. The molecule has 0 spiro atoms. The molecule has 1 aromatic rings. The first kappa shape index (κ1) is 8.31. The van der Waals surface area contributed by atoms with Crippen LogP contribution in [0.5, 0.6) is 0 Å². The monoisotopic (exact) mass is 147 g/mol. The molecule has 1 rings (SSSR count). The largest absolute Gasteiger partial charge is 0.272 e. The van der Waals surface area contributed by atoms with Crippen LogP contribution < -0.4 is 5.59 Å². The molecule has 0 amide bonds. The van der Waals surface area contributed by atoms with Crippen LogP contribution in [0.3, 0.4) is 0 Å². The molecule has 1 aromatic heterocycles. The Labute approximate surface area is 69.3 Å². The molecule has 0 saturated carbocycles. The van der Waals surface area contributed by atoms with Gasteiger partial charge in [0.05, 0.1) is 0 Å². The second-order valence-corrected chi connectivity index (χ2v) is 3.89. The van der Waals surface area contributed by atoms with Gasteiger partial charge in [-0.05, 0) is 22.6 Å². The van der Waals surface area contributed by atoms with Gasteiger partial charge in [-0.25, -0.2) is 0 Å².